The fraction of sp³-hybridized carbons (Fsp3) is 0.562. The Kier molecular flexibility index (Phi) is 4.97. The Hall–Kier alpha value is -1.35. The lowest BCUT2D eigenvalue weighted by Gasteiger charge is -2.27. The highest BCUT2D eigenvalue weighted by Gasteiger charge is 2.39. The lowest BCUT2D eigenvalue weighted by molar-refractivity contribution is -0.127. The monoisotopic (exact) mass is 260 g/mol. The van der Waals surface area contributed by atoms with Crippen LogP contribution in [0.15, 0.2) is 30.3 Å². The molecular formula is C16H24N2O. The largest absolute Gasteiger partial charge is 0.354 e. The van der Waals surface area contributed by atoms with Gasteiger partial charge < -0.3 is 10.6 Å². The van der Waals surface area contributed by atoms with Crippen molar-refractivity contribution in [2.75, 3.05) is 13.1 Å². The van der Waals surface area contributed by atoms with Gasteiger partial charge in [0.2, 0.25) is 5.91 Å². The molecule has 0 aliphatic carbocycles. The minimum Gasteiger partial charge on any atom is -0.354 e. The summed E-state index contributed by atoms with van der Waals surface area (Å²) in [4.78, 5) is 12.4. The van der Waals surface area contributed by atoms with E-state index in [0.29, 0.717) is 0 Å². The van der Waals surface area contributed by atoms with Crippen molar-refractivity contribution >= 4 is 5.91 Å². The molecular weight excluding hydrogens is 236 g/mol. The van der Waals surface area contributed by atoms with Crippen LogP contribution in [0.3, 0.4) is 0 Å². The Morgan fingerprint density at radius 2 is 2.16 bits per heavy atom. The maximum atomic E-state index is 12.4. The predicted molar refractivity (Wildman–Crippen MR) is 78.0 cm³/mol. The van der Waals surface area contributed by atoms with E-state index in [-0.39, 0.29) is 11.4 Å². The molecule has 104 valence electrons. The van der Waals surface area contributed by atoms with Crippen molar-refractivity contribution in [3.8, 4) is 0 Å². The van der Waals surface area contributed by atoms with E-state index in [2.05, 4.69) is 29.7 Å². The first-order valence-electron chi connectivity index (χ1n) is 7.34. The van der Waals surface area contributed by atoms with Gasteiger partial charge in [-0.15, -0.1) is 0 Å². The third-order valence-electron chi connectivity index (χ3n) is 3.90. The summed E-state index contributed by atoms with van der Waals surface area (Å²) in [6.07, 6.45) is 4.95. The molecule has 1 atom stereocenters. The molecule has 0 saturated carbocycles. The summed E-state index contributed by atoms with van der Waals surface area (Å²) >= 11 is 0. The number of hydrogen-bond acceptors (Lipinski definition) is 2. The average molecular weight is 260 g/mol. The van der Waals surface area contributed by atoms with Gasteiger partial charge in [-0.1, -0.05) is 43.7 Å². The summed E-state index contributed by atoms with van der Waals surface area (Å²) in [5.41, 5.74) is 0.970. The van der Waals surface area contributed by atoms with Gasteiger partial charge in [0.25, 0.3) is 0 Å². The van der Waals surface area contributed by atoms with Crippen molar-refractivity contribution in [2.24, 2.45) is 0 Å². The normalized spacial score (nSPS) is 22.4. The van der Waals surface area contributed by atoms with Gasteiger partial charge in [0.15, 0.2) is 0 Å². The van der Waals surface area contributed by atoms with Crippen molar-refractivity contribution < 1.29 is 4.79 Å². The molecule has 1 aliphatic heterocycles. The molecule has 0 radical (unpaired) electrons. The number of rotatable bonds is 6. The van der Waals surface area contributed by atoms with Crippen LogP contribution in [-0.2, 0) is 11.2 Å². The second-order valence-electron chi connectivity index (χ2n) is 5.35. The first-order valence-corrected chi connectivity index (χ1v) is 7.34. The van der Waals surface area contributed by atoms with Crippen LogP contribution in [0.4, 0.5) is 0 Å². The van der Waals surface area contributed by atoms with Gasteiger partial charge in [0, 0.05) is 6.54 Å². The minimum atomic E-state index is -0.300. The lowest BCUT2D eigenvalue weighted by atomic mass is 9.91. The third kappa shape index (κ3) is 3.57. The first-order chi connectivity index (χ1) is 9.27. The van der Waals surface area contributed by atoms with Crippen molar-refractivity contribution in [3.05, 3.63) is 35.9 Å². The van der Waals surface area contributed by atoms with E-state index >= 15 is 0 Å². The molecule has 1 aliphatic rings. The van der Waals surface area contributed by atoms with E-state index in [1.54, 1.807) is 0 Å². The highest BCUT2D eigenvalue weighted by atomic mass is 16.2. The minimum absolute atomic E-state index is 0.183. The molecule has 1 aromatic rings. The quantitative estimate of drug-likeness (QED) is 0.824. The standard InChI is InChI=1S/C16H24N2O/c1-2-10-16(11-6-12-18-16)15(19)17-13-9-14-7-4-3-5-8-14/h3-5,7-8,18H,2,6,9-13H2,1H3,(H,17,19). The number of nitrogens with one attached hydrogen (secondary N) is 2. The van der Waals surface area contributed by atoms with Crippen LogP contribution in [-0.4, -0.2) is 24.5 Å². The summed E-state index contributed by atoms with van der Waals surface area (Å²) in [5, 5.41) is 6.50. The van der Waals surface area contributed by atoms with Crippen LogP contribution < -0.4 is 10.6 Å². The van der Waals surface area contributed by atoms with E-state index in [0.717, 1.165) is 45.2 Å². The van der Waals surface area contributed by atoms with Gasteiger partial charge in [-0.3, -0.25) is 4.79 Å². The van der Waals surface area contributed by atoms with Gasteiger partial charge in [-0.25, -0.2) is 0 Å². The molecule has 1 aromatic carbocycles. The molecule has 1 saturated heterocycles. The lowest BCUT2D eigenvalue weighted by Crippen LogP contribution is -2.53. The molecule has 1 fully saturated rings. The highest BCUT2D eigenvalue weighted by Crippen LogP contribution is 2.24. The Morgan fingerprint density at radius 3 is 2.79 bits per heavy atom. The first kappa shape index (κ1) is 14.1. The Labute approximate surface area is 115 Å². The summed E-state index contributed by atoms with van der Waals surface area (Å²) in [5.74, 6) is 0.183. The summed E-state index contributed by atoms with van der Waals surface area (Å²) in [7, 11) is 0. The fourth-order valence-electron chi connectivity index (χ4n) is 2.89. The van der Waals surface area contributed by atoms with Gasteiger partial charge in [0.1, 0.15) is 0 Å². The molecule has 1 unspecified atom stereocenters. The maximum absolute atomic E-state index is 12.4. The summed E-state index contributed by atoms with van der Waals surface area (Å²) in [6.45, 7) is 3.82. The van der Waals surface area contributed by atoms with Crippen LogP contribution in [0.5, 0.6) is 0 Å². The molecule has 0 aromatic heterocycles. The van der Waals surface area contributed by atoms with E-state index in [4.69, 9.17) is 0 Å². The van der Waals surface area contributed by atoms with E-state index < -0.39 is 0 Å². The SMILES string of the molecule is CCCC1(C(=O)NCCc2ccccc2)CCCN1. The van der Waals surface area contributed by atoms with Crippen LogP contribution in [0.1, 0.15) is 38.2 Å². The zero-order valence-electron chi connectivity index (χ0n) is 11.7. The predicted octanol–water partition coefficient (Wildman–Crippen LogP) is 2.27. The third-order valence-corrected chi connectivity index (χ3v) is 3.90. The topological polar surface area (TPSA) is 41.1 Å². The molecule has 2 N–H and O–H groups in total. The number of benzene rings is 1. The summed E-state index contributed by atoms with van der Waals surface area (Å²) < 4.78 is 0. The molecule has 2 rings (SSSR count). The molecule has 3 nitrogen and oxygen atoms in total. The van der Waals surface area contributed by atoms with Crippen LogP contribution in [0.2, 0.25) is 0 Å². The maximum Gasteiger partial charge on any atom is 0.240 e. The summed E-state index contributed by atoms with van der Waals surface area (Å²) in [6, 6.07) is 10.3. The Balaban J connectivity index is 1.83. The second kappa shape index (κ2) is 6.71. The molecule has 0 bridgehead atoms. The second-order valence-corrected chi connectivity index (χ2v) is 5.35. The zero-order chi connectivity index (χ0) is 13.6. The Bertz CT molecular complexity index is 396. The highest BCUT2D eigenvalue weighted by molar-refractivity contribution is 5.86. The van der Waals surface area contributed by atoms with E-state index in [1.807, 2.05) is 18.2 Å². The molecule has 3 heteroatoms. The molecule has 19 heavy (non-hydrogen) atoms. The Morgan fingerprint density at radius 1 is 1.37 bits per heavy atom. The van der Waals surface area contributed by atoms with Gasteiger partial charge in [0.05, 0.1) is 5.54 Å². The number of hydrogen-bond donors (Lipinski definition) is 2. The molecule has 1 amide bonds. The smallest absolute Gasteiger partial charge is 0.240 e. The fourth-order valence-corrected chi connectivity index (χ4v) is 2.89. The van der Waals surface area contributed by atoms with Gasteiger partial charge in [-0.2, -0.15) is 0 Å². The van der Waals surface area contributed by atoms with Crippen LogP contribution >= 0.6 is 0 Å². The van der Waals surface area contributed by atoms with E-state index in [9.17, 15) is 4.79 Å². The molecule has 0 spiro atoms. The van der Waals surface area contributed by atoms with Crippen molar-refractivity contribution in [1.82, 2.24) is 10.6 Å². The number of amides is 1. The van der Waals surface area contributed by atoms with Crippen molar-refractivity contribution in [1.29, 1.82) is 0 Å². The van der Waals surface area contributed by atoms with Crippen molar-refractivity contribution in [2.45, 2.75) is 44.6 Å². The molecule has 1 heterocycles. The van der Waals surface area contributed by atoms with Crippen LogP contribution in [0, 0.1) is 0 Å². The van der Waals surface area contributed by atoms with Gasteiger partial charge in [-0.05, 0) is 37.8 Å². The van der Waals surface area contributed by atoms with E-state index in [1.165, 1.54) is 5.56 Å². The van der Waals surface area contributed by atoms with Crippen molar-refractivity contribution in [3.63, 3.8) is 0 Å². The zero-order valence-corrected chi connectivity index (χ0v) is 11.7. The van der Waals surface area contributed by atoms with Crippen LogP contribution in [0.25, 0.3) is 0 Å². The van der Waals surface area contributed by atoms with Gasteiger partial charge >= 0.3 is 0 Å². The number of carbonyl (C=O) groups excluding carboxylic acids is 1. The number of carbonyl (C=O) groups is 1. The average Bonchev–Trinajstić information content (AvgIpc) is 2.90.